The lowest BCUT2D eigenvalue weighted by atomic mass is 10.1. The number of aliphatic hydroxyl groups is 1. The van der Waals surface area contributed by atoms with Gasteiger partial charge >= 0.3 is 0 Å². The van der Waals surface area contributed by atoms with Crippen LogP contribution in [0.3, 0.4) is 0 Å². The zero-order valence-electron chi connectivity index (χ0n) is 15.0. The Morgan fingerprint density at radius 1 is 1.17 bits per heavy atom. The average molecular weight is 327 g/mol. The minimum atomic E-state index is -0.134. The first kappa shape index (κ1) is 16.1. The summed E-state index contributed by atoms with van der Waals surface area (Å²) in [4.78, 5) is 5.08. The van der Waals surface area contributed by atoms with Gasteiger partial charge in [0.25, 0.3) is 0 Å². The van der Waals surface area contributed by atoms with Crippen molar-refractivity contribution in [2.24, 2.45) is 0 Å². The lowest BCUT2D eigenvalue weighted by Gasteiger charge is -2.42. The highest BCUT2D eigenvalue weighted by molar-refractivity contribution is 5.84. The lowest BCUT2D eigenvalue weighted by molar-refractivity contribution is 0.0531. The van der Waals surface area contributed by atoms with E-state index in [1.54, 1.807) is 0 Å². The molecule has 4 nitrogen and oxygen atoms in total. The van der Waals surface area contributed by atoms with Crippen LogP contribution in [0.25, 0.3) is 10.9 Å². The van der Waals surface area contributed by atoms with Gasteiger partial charge in [0.1, 0.15) is 0 Å². The van der Waals surface area contributed by atoms with E-state index in [1.807, 2.05) is 0 Å². The highest BCUT2D eigenvalue weighted by Crippen LogP contribution is 2.29. The Balaban J connectivity index is 1.60. The van der Waals surface area contributed by atoms with Crippen LogP contribution in [0.2, 0.25) is 0 Å². The van der Waals surface area contributed by atoms with Crippen LogP contribution in [-0.4, -0.2) is 57.3 Å². The maximum atomic E-state index is 9.96. The molecule has 4 rings (SSSR count). The summed E-state index contributed by atoms with van der Waals surface area (Å²) >= 11 is 0. The Bertz CT molecular complexity index is 723. The third-order valence-electron chi connectivity index (χ3n) is 5.83. The van der Waals surface area contributed by atoms with Gasteiger partial charge in [-0.15, -0.1) is 0 Å². The quantitative estimate of drug-likeness (QED) is 0.941. The van der Waals surface area contributed by atoms with E-state index in [-0.39, 0.29) is 6.10 Å². The van der Waals surface area contributed by atoms with Crippen molar-refractivity contribution in [3.05, 3.63) is 36.0 Å². The number of fused-ring (bicyclic) bond motifs is 2. The zero-order valence-corrected chi connectivity index (χ0v) is 15.0. The summed E-state index contributed by atoms with van der Waals surface area (Å²) in [6, 6.07) is 10.3. The van der Waals surface area contributed by atoms with Crippen molar-refractivity contribution in [2.45, 2.75) is 58.0 Å². The monoisotopic (exact) mass is 327 g/mol. The summed E-state index contributed by atoms with van der Waals surface area (Å²) in [5.41, 5.74) is 2.77. The molecule has 1 aromatic heterocycles. The maximum absolute atomic E-state index is 9.96. The van der Waals surface area contributed by atoms with Gasteiger partial charge in [0, 0.05) is 61.4 Å². The highest BCUT2D eigenvalue weighted by Gasteiger charge is 2.38. The molecule has 0 spiro atoms. The van der Waals surface area contributed by atoms with Crippen molar-refractivity contribution in [1.82, 2.24) is 14.4 Å². The van der Waals surface area contributed by atoms with Crippen molar-refractivity contribution in [2.75, 3.05) is 19.6 Å². The number of hydrogen-bond acceptors (Lipinski definition) is 3. The molecule has 0 unspecified atom stereocenters. The molecule has 0 saturated carbocycles. The summed E-state index contributed by atoms with van der Waals surface area (Å²) < 4.78 is 2.39. The minimum Gasteiger partial charge on any atom is -0.392 e. The number of para-hydroxylation sites is 1. The largest absolute Gasteiger partial charge is 0.392 e. The van der Waals surface area contributed by atoms with Gasteiger partial charge in [-0.25, -0.2) is 0 Å². The van der Waals surface area contributed by atoms with Crippen LogP contribution >= 0.6 is 0 Å². The molecule has 2 aromatic rings. The van der Waals surface area contributed by atoms with Crippen LogP contribution in [0.4, 0.5) is 0 Å². The van der Waals surface area contributed by atoms with Crippen molar-refractivity contribution < 1.29 is 5.11 Å². The Morgan fingerprint density at radius 3 is 2.75 bits per heavy atom. The van der Waals surface area contributed by atoms with Gasteiger partial charge in [-0.05, 0) is 38.8 Å². The van der Waals surface area contributed by atoms with E-state index in [4.69, 9.17) is 0 Å². The van der Waals surface area contributed by atoms with E-state index < -0.39 is 0 Å². The van der Waals surface area contributed by atoms with Crippen LogP contribution in [0.15, 0.2) is 30.5 Å². The number of aromatic nitrogens is 1. The molecule has 4 heteroatoms. The van der Waals surface area contributed by atoms with E-state index in [0.717, 1.165) is 32.6 Å². The molecule has 130 valence electrons. The van der Waals surface area contributed by atoms with Crippen LogP contribution < -0.4 is 0 Å². The van der Waals surface area contributed by atoms with E-state index in [1.165, 1.54) is 16.5 Å². The van der Waals surface area contributed by atoms with Gasteiger partial charge in [0.15, 0.2) is 0 Å². The van der Waals surface area contributed by atoms with E-state index >= 15 is 0 Å². The number of rotatable bonds is 3. The van der Waals surface area contributed by atoms with Crippen LogP contribution in [-0.2, 0) is 6.54 Å². The smallest absolute Gasteiger partial charge is 0.0682 e. The summed E-state index contributed by atoms with van der Waals surface area (Å²) in [6.45, 7) is 10.8. The Kier molecular flexibility index (Phi) is 4.15. The van der Waals surface area contributed by atoms with Crippen molar-refractivity contribution in [3.63, 3.8) is 0 Å². The van der Waals surface area contributed by atoms with Crippen LogP contribution in [0, 0.1) is 0 Å². The molecule has 0 bridgehead atoms. The first-order chi connectivity index (χ1) is 11.5. The number of benzene rings is 1. The third kappa shape index (κ3) is 2.77. The zero-order chi connectivity index (χ0) is 16.8. The normalized spacial score (nSPS) is 28.8. The Hall–Kier alpha value is -1.36. The standard InChI is InChI=1S/C20H29N3O/c1-14(2)23-11-16(19-6-4-5-7-20(19)23)10-21-12-17-8-18(24)13-22(17)9-15(21)3/h4-7,11,14-15,17-18,24H,8-10,12-13H2,1-3H3/t15-,17-,18+/m0/s1. The summed E-state index contributed by atoms with van der Waals surface area (Å²) in [5, 5.41) is 11.3. The average Bonchev–Trinajstić information content (AvgIpc) is 3.08. The van der Waals surface area contributed by atoms with E-state index in [2.05, 4.69) is 65.6 Å². The maximum Gasteiger partial charge on any atom is 0.0682 e. The Morgan fingerprint density at radius 2 is 1.96 bits per heavy atom. The molecule has 0 radical (unpaired) electrons. The summed E-state index contributed by atoms with van der Waals surface area (Å²) in [7, 11) is 0. The fraction of sp³-hybridized carbons (Fsp3) is 0.600. The Labute approximate surface area is 144 Å². The molecule has 2 aliphatic heterocycles. The summed E-state index contributed by atoms with van der Waals surface area (Å²) in [5.74, 6) is 0. The van der Waals surface area contributed by atoms with Gasteiger partial charge in [0.05, 0.1) is 6.10 Å². The third-order valence-corrected chi connectivity index (χ3v) is 5.83. The first-order valence-electron chi connectivity index (χ1n) is 9.27. The van der Waals surface area contributed by atoms with Gasteiger partial charge in [0.2, 0.25) is 0 Å². The second-order valence-electron chi connectivity index (χ2n) is 7.95. The van der Waals surface area contributed by atoms with Crippen molar-refractivity contribution in [1.29, 1.82) is 0 Å². The molecule has 24 heavy (non-hydrogen) atoms. The summed E-state index contributed by atoms with van der Waals surface area (Å²) in [6.07, 6.45) is 3.14. The predicted molar refractivity (Wildman–Crippen MR) is 98.2 cm³/mol. The molecule has 3 heterocycles. The second kappa shape index (κ2) is 6.17. The van der Waals surface area contributed by atoms with Gasteiger partial charge in [-0.3, -0.25) is 9.80 Å². The number of nitrogens with zero attached hydrogens (tertiary/aromatic N) is 3. The molecule has 0 amide bonds. The molecular formula is C20H29N3O. The van der Waals surface area contributed by atoms with E-state index in [9.17, 15) is 5.11 Å². The van der Waals surface area contributed by atoms with Gasteiger partial charge < -0.3 is 9.67 Å². The fourth-order valence-electron chi connectivity index (χ4n) is 4.55. The molecule has 0 aliphatic carbocycles. The van der Waals surface area contributed by atoms with Gasteiger partial charge in [-0.2, -0.15) is 0 Å². The van der Waals surface area contributed by atoms with Gasteiger partial charge in [-0.1, -0.05) is 18.2 Å². The van der Waals surface area contributed by atoms with Crippen LogP contribution in [0.5, 0.6) is 0 Å². The molecular weight excluding hydrogens is 298 g/mol. The number of piperazine rings is 1. The van der Waals surface area contributed by atoms with Crippen molar-refractivity contribution >= 4 is 10.9 Å². The van der Waals surface area contributed by atoms with E-state index in [0.29, 0.717) is 18.1 Å². The molecule has 2 fully saturated rings. The van der Waals surface area contributed by atoms with Crippen molar-refractivity contribution in [3.8, 4) is 0 Å². The topological polar surface area (TPSA) is 31.6 Å². The lowest BCUT2D eigenvalue weighted by Crippen LogP contribution is -2.54. The highest BCUT2D eigenvalue weighted by atomic mass is 16.3. The molecule has 1 N–H and O–H groups in total. The number of aliphatic hydroxyl groups excluding tert-OH is 1. The number of hydrogen-bond donors (Lipinski definition) is 1. The molecule has 2 aliphatic rings. The van der Waals surface area contributed by atoms with Crippen LogP contribution in [0.1, 0.15) is 38.8 Å². The predicted octanol–water partition coefficient (Wildman–Crippen LogP) is 2.86. The second-order valence-corrected chi connectivity index (χ2v) is 7.95. The first-order valence-corrected chi connectivity index (χ1v) is 9.27. The molecule has 3 atom stereocenters. The minimum absolute atomic E-state index is 0.134. The fourth-order valence-corrected chi connectivity index (χ4v) is 4.55. The molecule has 2 saturated heterocycles. The molecule has 1 aromatic carbocycles. The SMILES string of the molecule is CC(C)n1cc(CN2C[C@@H]3C[C@@H](O)CN3C[C@@H]2C)c2ccccc21.